The molecule has 2 aliphatic carbocycles. The van der Waals surface area contributed by atoms with E-state index in [0.29, 0.717) is 24.8 Å². The first-order valence-corrected chi connectivity index (χ1v) is 8.17. The van der Waals surface area contributed by atoms with Gasteiger partial charge in [-0.05, 0) is 50.9 Å². The quantitative estimate of drug-likeness (QED) is 0.784. The second kappa shape index (κ2) is 5.39. The highest BCUT2D eigenvalue weighted by Crippen LogP contribution is 2.43. The summed E-state index contributed by atoms with van der Waals surface area (Å²) in [6.07, 6.45) is 9.99. The van der Waals surface area contributed by atoms with E-state index in [1.54, 1.807) is 0 Å². The summed E-state index contributed by atoms with van der Waals surface area (Å²) < 4.78 is 6.18. The van der Waals surface area contributed by atoms with E-state index in [1.807, 2.05) is 13.8 Å². The maximum Gasteiger partial charge on any atom is 0.243 e. The molecule has 2 N–H and O–H groups in total. The lowest BCUT2D eigenvalue weighted by Gasteiger charge is -2.42. The summed E-state index contributed by atoms with van der Waals surface area (Å²) in [7, 11) is 0. The topological polar surface area (TPSA) is 55.6 Å². The number of hydrogen-bond donors (Lipinski definition) is 1. The summed E-state index contributed by atoms with van der Waals surface area (Å²) in [6.45, 7) is 5.41. The van der Waals surface area contributed by atoms with Gasteiger partial charge < -0.3 is 15.4 Å². The molecule has 0 radical (unpaired) electrons. The van der Waals surface area contributed by atoms with Gasteiger partial charge in [-0.25, -0.2) is 0 Å². The lowest BCUT2D eigenvalue weighted by molar-refractivity contribution is -0.130. The zero-order valence-corrected chi connectivity index (χ0v) is 13.1. The molecule has 3 rings (SSSR count). The van der Waals surface area contributed by atoms with E-state index >= 15 is 0 Å². The Balaban J connectivity index is 1.89. The predicted octanol–water partition coefficient (Wildman–Crippen LogP) is 2.56. The Morgan fingerprint density at radius 1 is 1.43 bits per heavy atom. The van der Waals surface area contributed by atoms with Crippen LogP contribution in [0.25, 0.3) is 0 Å². The zero-order valence-electron chi connectivity index (χ0n) is 13.1. The van der Waals surface area contributed by atoms with E-state index in [1.165, 1.54) is 31.3 Å². The molecule has 116 valence electrons. The molecule has 0 aromatic carbocycles. The van der Waals surface area contributed by atoms with E-state index in [9.17, 15) is 4.79 Å². The van der Waals surface area contributed by atoms with Gasteiger partial charge in [0, 0.05) is 12.1 Å². The third kappa shape index (κ3) is 2.81. The highest BCUT2D eigenvalue weighted by atomic mass is 16.5. The van der Waals surface area contributed by atoms with Crippen LogP contribution in [-0.4, -0.2) is 29.5 Å². The predicted molar refractivity (Wildman–Crippen MR) is 82.2 cm³/mol. The molecule has 0 aromatic rings. The molecule has 0 saturated heterocycles. The van der Waals surface area contributed by atoms with Gasteiger partial charge in [0.1, 0.15) is 5.54 Å². The van der Waals surface area contributed by atoms with Gasteiger partial charge in [-0.15, -0.1) is 0 Å². The SMILES string of the molecule is CCC(C)(C(N)=O)N1CC=CC(C2CC2)=C1OCC1CC1. The Hall–Kier alpha value is -1.45. The molecule has 4 heteroatoms. The molecule has 0 aromatic heterocycles. The van der Waals surface area contributed by atoms with Crippen molar-refractivity contribution in [2.24, 2.45) is 17.6 Å². The first kappa shape index (κ1) is 14.5. The van der Waals surface area contributed by atoms with Gasteiger partial charge >= 0.3 is 0 Å². The summed E-state index contributed by atoms with van der Waals surface area (Å²) in [6, 6.07) is 0. The number of carbonyl (C=O) groups excluding carboxylic acids is 1. The standard InChI is InChI=1S/C17H26N2O2/c1-3-17(2,16(18)20)19-10-4-5-14(13-8-9-13)15(19)21-11-12-6-7-12/h4-5,12-13H,3,6-11H2,1-2H3,(H2,18,20). The average molecular weight is 290 g/mol. The molecule has 1 heterocycles. The van der Waals surface area contributed by atoms with E-state index in [4.69, 9.17) is 10.5 Å². The lowest BCUT2D eigenvalue weighted by atomic mass is 9.93. The molecule has 0 bridgehead atoms. The minimum absolute atomic E-state index is 0.275. The van der Waals surface area contributed by atoms with Crippen LogP contribution in [0.5, 0.6) is 0 Å². The van der Waals surface area contributed by atoms with Gasteiger partial charge in [0.15, 0.2) is 5.88 Å². The second-order valence-electron chi connectivity index (χ2n) is 6.79. The van der Waals surface area contributed by atoms with Crippen molar-refractivity contribution < 1.29 is 9.53 Å². The van der Waals surface area contributed by atoms with Crippen molar-refractivity contribution in [3.05, 3.63) is 23.6 Å². The smallest absolute Gasteiger partial charge is 0.243 e. The first-order valence-electron chi connectivity index (χ1n) is 8.17. The fourth-order valence-electron chi connectivity index (χ4n) is 2.87. The fraction of sp³-hybridized carbons (Fsp3) is 0.706. The Bertz CT molecular complexity index is 489. The molecule has 2 saturated carbocycles. The molecule has 1 unspecified atom stereocenters. The number of ether oxygens (including phenoxy) is 1. The minimum Gasteiger partial charge on any atom is -0.479 e. The maximum absolute atomic E-state index is 12.0. The number of nitrogens with zero attached hydrogens (tertiary/aromatic N) is 1. The molecule has 1 amide bonds. The highest BCUT2D eigenvalue weighted by Gasteiger charge is 2.42. The number of allylic oxidation sites excluding steroid dienone is 2. The largest absolute Gasteiger partial charge is 0.479 e. The van der Waals surface area contributed by atoms with Crippen molar-refractivity contribution in [2.75, 3.05) is 13.2 Å². The molecular weight excluding hydrogens is 264 g/mol. The lowest BCUT2D eigenvalue weighted by Crippen LogP contribution is -2.55. The molecule has 1 aliphatic heterocycles. The van der Waals surface area contributed by atoms with Crippen molar-refractivity contribution in [3.8, 4) is 0 Å². The minimum atomic E-state index is -0.677. The maximum atomic E-state index is 12.0. The fourth-order valence-corrected chi connectivity index (χ4v) is 2.87. The van der Waals surface area contributed by atoms with E-state index < -0.39 is 5.54 Å². The summed E-state index contributed by atoms with van der Waals surface area (Å²) >= 11 is 0. The molecule has 4 nitrogen and oxygen atoms in total. The van der Waals surface area contributed by atoms with Crippen LogP contribution in [-0.2, 0) is 9.53 Å². The molecule has 3 aliphatic rings. The summed E-state index contributed by atoms with van der Waals surface area (Å²) in [4.78, 5) is 14.1. The van der Waals surface area contributed by atoms with Crippen LogP contribution in [0.2, 0.25) is 0 Å². The monoisotopic (exact) mass is 290 g/mol. The van der Waals surface area contributed by atoms with Crippen molar-refractivity contribution in [1.82, 2.24) is 4.90 Å². The van der Waals surface area contributed by atoms with Crippen LogP contribution in [0.15, 0.2) is 23.6 Å². The van der Waals surface area contributed by atoms with Crippen LogP contribution in [0, 0.1) is 11.8 Å². The number of amides is 1. The molecular formula is C17H26N2O2. The number of hydrogen-bond acceptors (Lipinski definition) is 3. The van der Waals surface area contributed by atoms with Crippen LogP contribution >= 0.6 is 0 Å². The molecule has 2 fully saturated rings. The summed E-state index contributed by atoms with van der Waals surface area (Å²) in [5.41, 5.74) is 6.29. The second-order valence-corrected chi connectivity index (χ2v) is 6.79. The van der Waals surface area contributed by atoms with Crippen LogP contribution < -0.4 is 5.73 Å². The van der Waals surface area contributed by atoms with Gasteiger partial charge in [-0.2, -0.15) is 0 Å². The van der Waals surface area contributed by atoms with Gasteiger partial charge in [-0.3, -0.25) is 4.79 Å². The van der Waals surface area contributed by atoms with Crippen LogP contribution in [0.3, 0.4) is 0 Å². The number of rotatable bonds is 7. The Morgan fingerprint density at radius 2 is 2.14 bits per heavy atom. The molecule has 1 atom stereocenters. The van der Waals surface area contributed by atoms with Crippen LogP contribution in [0.1, 0.15) is 46.0 Å². The molecule has 21 heavy (non-hydrogen) atoms. The van der Waals surface area contributed by atoms with Crippen molar-refractivity contribution in [1.29, 1.82) is 0 Å². The van der Waals surface area contributed by atoms with E-state index in [0.717, 1.165) is 12.5 Å². The Kier molecular flexibility index (Phi) is 3.72. The summed E-state index contributed by atoms with van der Waals surface area (Å²) in [5, 5.41) is 0. The van der Waals surface area contributed by atoms with Gasteiger partial charge in [-0.1, -0.05) is 19.1 Å². The number of primary amides is 1. The van der Waals surface area contributed by atoms with Crippen molar-refractivity contribution in [2.45, 2.75) is 51.5 Å². The Labute approximate surface area is 127 Å². The van der Waals surface area contributed by atoms with Gasteiger partial charge in [0.2, 0.25) is 5.91 Å². The Morgan fingerprint density at radius 3 is 2.67 bits per heavy atom. The van der Waals surface area contributed by atoms with Gasteiger partial charge in [0.05, 0.1) is 6.61 Å². The number of nitrogens with two attached hydrogens (primary N) is 1. The van der Waals surface area contributed by atoms with Crippen molar-refractivity contribution >= 4 is 5.91 Å². The first-order chi connectivity index (χ1) is 10.1. The van der Waals surface area contributed by atoms with Gasteiger partial charge in [0.25, 0.3) is 0 Å². The van der Waals surface area contributed by atoms with Crippen molar-refractivity contribution in [3.63, 3.8) is 0 Å². The third-order valence-corrected chi connectivity index (χ3v) is 5.06. The summed E-state index contributed by atoms with van der Waals surface area (Å²) in [5.74, 6) is 1.94. The molecule has 0 spiro atoms. The normalized spacial score (nSPS) is 25.0. The highest BCUT2D eigenvalue weighted by molar-refractivity contribution is 5.84. The zero-order chi connectivity index (χ0) is 15.0. The van der Waals surface area contributed by atoms with Crippen LogP contribution in [0.4, 0.5) is 0 Å². The van der Waals surface area contributed by atoms with E-state index in [2.05, 4.69) is 17.1 Å². The third-order valence-electron chi connectivity index (χ3n) is 5.06. The van der Waals surface area contributed by atoms with E-state index in [-0.39, 0.29) is 5.91 Å². The number of carbonyl (C=O) groups is 1. The average Bonchev–Trinajstić information content (AvgIpc) is 3.37.